The summed E-state index contributed by atoms with van der Waals surface area (Å²) in [6.07, 6.45) is 15.0. The smallest absolute Gasteiger partial charge is 0.309 e. The molecule has 0 radical (unpaired) electrons. The minimum Gasteiger partial charge on any atom is -0.408 e. The Bertz CT molecular complexity index is 942. The topological polar surface area (TPSA) is 29.5 Å². The second-order valence-corrected chi connectivity index (χ2v) is 9.94. The van der Waals surface area contributed by atoms with E-state index in [1.807, 2.05) is 0 Å². The summed E-state index contributed by atoms with van der Waals surface area (Å²) >= 11 is 0. The molecule has 1 aromatic heterocycles. The van der Waals surface area contributed by atoms with E-state index in [2.05, 4.69) is 42.8 Å². The van der Waals surface area contributed by atoms with Crippen molar-refractivity contribution in [2.24, 2.45) is 5.92 Å². The van der Waals surface area contributed by atoms with Crippen molar-refractivity contribution in [3.05, 3.63) is 40.7 Å². The zero-order valence-electron chi connectivity index (χ0n) is 17.2. The van der Waals surface area contributed by atoms with Crippen LogP contribution in [0.4, 0.5) is 0 Å². The molecule has 1 heterocycles. The van der Waals surface area contributed by atoms with Crippen molar-refractivity contribution in [2.75, 3.05) is 17.8 Å². The van der Waals surface area contributed by atoms with Crippen LogP contribution in [-0.2, 0) is 12.8 Å². The quantitative estimate of drug-likeness (QED) is 0.544. The highest BCUT2D eigenvalue weighted by Gasteiger charge is 2.33. The third-order valence-corrected chi connectivity index (χ3v) is 8.76. The lowest BCUT2D eigenvalue weighted by Crippen LogP contribution is -2.20. The van der Waals surface area contributed by atoms with E-state index in [4.69, 9.17) is 8.39 Å². The maximum Gasteiger partial charge on any atom is 0.309 e. The first-order chi connectivity index (χ1) is 13.8. The zero-order valence-corrected chi connectivity index (χ0v) is 18.1. The molecule has 28 heavy (non-hydrogen) atoms. The number of aryl methyl sites for hydroxylation is 2. The van der Waals surface area contributed by atoms with Crippen LogP contribution in [0.2, 0.25) is 0 Å². The predicted molar refractivity (Wildman–Crippen MR) is 118 cm³/mol. The van der Waals surface area contributed by atoms with Gasteiger partial charge in [-0.1, -0.05) is 38.8 Å². The molecule has 0 aliphatic heterocycles. The molecular weight excluding hydrogens is 365 g/mol. The molecule has 3 aliphatic carbocycles. The minimum atomic E-state index is -1.11. The molecule has 3 atom stereocenters. The molecule has 3 aliphatic rings. The van der Waals surface area contributed by atoms with Gasteiger partial charge in [0.2, 0.25) is 0 Å². The van der Waals surface area contributed by atoms with E-state index in [1.165, 1.54) is 67.9 Å². The van der Waals surface area contributed by atoms with Crippen LogP contribution in [0.15, 0.2) is 26.6 Å². The lowest BCUT2D eigenvalue weighted by Gasteiger charge is -2.33. The first-order valence-corrected chi connectivity index (χ1v) is 12.4. The van der Waals surface area contributed by atoms with Crippen molar-refractivity contribution < 1.29 is 8.39 Å². The highest BCUT2D eigenvalue weighted by Crippen LogP contribution is 2.49. The summed E-state index contributed by atoms with van der Waals surface area (Å²) in [4.78, 5) is 0. The van der Waals surface area contributed by atoms with E-state index in [1.54, 1.807) is 5.56 Å². The molecule has 0 amide bonds. The standard InChI is InChI=1S/C24H32NO2P/c1-3-25(4-2)28-26-21-15-13-17-9-5-7-11-19(17)23(21)24-20-12-8-6-10-18(20)14-16-22(24)27-28/h13-17,19H,3-12H2,1-2H3. The maximum absolute atomic E-state index is 6.64. The van der Waals surface area contributed by atoms with Crippen molar-refractivity contribution in [1.82, 2.24) is 0 Å². The van der Waals surface area contributed by atoms with Gasteiger partial charge in [-0.05, 0) is 73.6 Å². The highest BCUT2D eigenvalue weighted by molar-refractivity contribution is 7.38. The lowest BCUT2D eigenvalue weighted by molar-refractivity contribution is 0.356. The van der Waals surface area contributed by atoms with Crippen LogP contribution >= 0.6 is 8.16 Å². The van der Waals surface area contributed by atoms with Crippen LogP contribution in [0.25, 0.3) is 17.0 Å². The molecule has 1 saturated carbocycles. The fourth-order valence-electron chi connectivity index (χ4n) is 5.55. The third-order valence-electron chi connectivity index (χ3n) is 7.03. The maximum atomic E-state index is 6.64. The number of fused-ring (bicyclic) bond motifs is 7. The summed E-state index contributed by atoms with van der Waals surface area (Å²) in [6.45, 7) is 6.28. The Labute approximate surface area is 169 Å². The van der Waals surface area contributed by atoms with Gasteiger partial charge >= 0.3 is 8.16 Å². The zero-order chi connectivity index (χ0) is 19.1. The average Bonchev–Trinajstić information content (AvgIpc) is 2.91. The minimum absolute atomic E-state index is 0.594. The Balaban J connectivity index is 1.85. The van der Waals surface area contributed by atoms with Gasteiger partial charge < -0.3 is 8.39 Å². The van der Waals surface area contributed by atoms with E-state index in [9.17, 15) is 0 Å². The van der Waals surface area contributed by atoms with Gasteiger partial charge in [-0.25, -0.2) is 4.67 Å². The fraction of sp³-hybridized carbons (Fsp3) is 0.583. The summed E-state index contributed by atoms with van der Waals surface area (Å²) in [7, 11) is -1.11. The van der Waals surface area contributed by atoms with Gasteiger partial charge in [-0.3, -0.25) is 0 Å². The average molecular weight is 397 g/mol. The Morgan fingerprint density at radius 2 is 1.82 bits per heavy atom. The SMILES string of the molecule is CCN(CC)p1oc2c(c3c4c(ccc3o1)CCCC4)C1CCCCC1C=C2. The number of hydrogen-bond donors (Lipinski definition) is 0. The van der Waals surface area contributed by atoms with Crippen molar-refractivity contribution in [3.63, 3.8) is 0 Å². The molecule has 0 spiro atoms. The van der Waals surface area contributed by atoms with Crippen molar-refractivity contribution in [3.8, 4) is 0 Å². The van der Waals surface area contributed by atoms with Gasteiger partial charge in [0.25, 0.3) is 0 Å². The summed E-state index contributed by atoms with van der Waals surface area (Å²) in [5.74, 6) is 2.36. The summed E-state index contributed by atoms with van der Waals surface area (Å²) in [5.41, 5.74) is 5.63. The molecule has 2 aromatic rings. The van der Waals surface area contributed by atoms with Crippen LogP contribution in [0, 0.1) is 5.92 Å². The molecule has 0 bridgehead atoms. The highest BCUT2D eigenvalue weighted by atomic mass is 31.1. The molecule has 0 N–H and O–H groups in total. The molecule has 4 heteroatoms. The van der Waals surface area contributed by atoms with Crippen LogP contribution < -0.4 is 4.67 Å². The van der Waals surface area contributed by atoms with Gasteiger partial charge in [0.05, 0.1) is 0 Å². The number of rotatable bonds is 3. The number of allylic oxidation sites excluding steroid dienone is 1. The Hall–Kier alpha value is -1.44. The van der Waals surface area contributed by atoms with Crippen LogP contribution in [0.1, 0.15) is 80.7 Å². The van der Waals surface area contributed by atoms with Gasteiger partial charge in [-0.15, -0.1) is 0 Å². The molecule has 3 unspecified atom stereocenters. The van der Waals surface area contributed by atoms with Crippen molar-refractivity contribution in [1.29, 1.82) is 0 Å². The Morgan fingerprint density at radius 3 is 2.68 bits per heavy atom. The van der Waals surface area contributed by atoms with Gasteiger partial charge in [0, 0.05) is 24.0 Å². The monoisotopic (exact) mass is 397 g/mol. The predicted octanol–water partition coefficient (Wildman–Crippen LogP) is 7.29. The molecule has 1 aromatic carbocycles. The molecule has 5 rings (SSSR count). The van der Waals surface area contributed by atoms with Crippen molar-refractivity contribution in [2.45, 2.75) is 71.1 Å². The number of nitrogens with zero attached hydrogens (tertiary/aromatic N) is 1. The molecule has 0 saturated heterocycles. The molecule has 1 fully saturated rings. The van der Waals surface area contributed by atoms with Crippen LogP contribution in [0.3, 0.4) is 0 Å². The molecule has 3 nitrogen and oxygen atoms in total. The summed E-state index contributed by atoms with van der Waals surface area (Å²) in [6, 6.07) is 4.57. The second kappa shape index (κ2) is 7.76. The van der Waals surface area contributed by atoms with E-state index in [0.717, 1.165) is 24.4 Å². The van der Waals surface area contributed by atoms with E-state index >= 15 is 0 Å². The summed E-state index contributed by atoms with van der Waals surface area (Å²) < 4.78 is 15.6. The Kier molecular flexibility index (Phi) is 5.15. The van der Waals surface area contributed by atoms with E-state index in [-0.39, 0.29) is 0 Å². The van der Waals surface area contributed by atoms with Crippen LogP contribution in [0.5, 0.6) is 0 Å². The molecule has 150 valence electrons. The number of benzene rings is 1. The first-order valence-electron chi connectivity index (χ1n) is 11.3. The first kappa shape index (κ1) is 18.6. The van der Waals surface area contributed by atoms with E-state index < -0.39 is 8.16 Å². The van der Waals surface area contributed by atoms with Crippen LogP contribution in [-0.4, -0.2) is 13.1 Å². The summed E-state index contributed by atoms with van der Waals surface area (Å²) in [5, 5.41) is 1.41. The normalized spacial score (nSPS) is 24.0. The third kappa shape index (κ3) is 3.08. The fourth-order valence-corrected chi connectivity index (χ4v) is 6.93. The lowest BCUT2D eigenvalue weighted by atomic mass is 9.71. The number of hydrogen-bond acceptors (Lipinski definition) is 3. The van der Waals surface area contributed by atoms with E-state index in [0.29, 0.717) is 11.8 Å². The Morgan fingerprint density at radius 1 is 1.00 bits per heavy atom. The van der Waals surface area contributed by atoms with Gasteiger partial charge in [0.15, 0.2) is 0 Å². The van der Waals surface area contributed by atoms with Gasteiger partial charge in [0.1, 0.15) is 11.3 Å². The molecular formula is C24H32NO2P. The van der Waals surface area contributed by atoms with Crippen molar-refractivity contribution >= 4 is 25.2 Å². The second-order valence-electron chi connectivity index (χ2n) is 8.53. The van der Waals surface area contributed by atoms with Gasteiger partial charge in [-0.2, -0.15) is 0 Å². The largest absolute Gasteiger partial charge is 0.408 e.